The van der Waals surface area contributed by atoms with Crippen molar-refractivity contribution >= 4 is 5.97 Å². The predicted octanol–water partition coefficient (Wildman–Crippen LogP) is 6.37. The third-order valence-corrected chi connectivity index (χ3v) is 5.74. The molecule has 0 heterocycles. The number of hydrogen-bond acceptors (Lipinski definition) is 2. The Kier molecular flexibility index (Phi) is 5.27. The van der Waals surface area contributed by atoms with Gasteiger partial charge in [-0.3, -0.25) is 0 Å². The molecule has 1 aliphatic rings. The zero-order valence-electron chi connectivity index (χ0n) is 15.8. The van der Waals surface area contributed by atoms with Gasteiger partial charge < -0.3 is 4.74 Å². The Bertz CT molecular complexity index is 733. The lowest BCUT2D eigenvalue weighted by molar-refractivity contribution is 0.0734. The van der Waals surface area contributed by atoms with Gasteiger partial charge in [0.25, 0.3) is 0 Å². The van der Waals surface area contributed by atoms with Crippen LogP contribution in [0.1, 0.15) is 72.6 Å². The van der Waals surface area contributed by atoms with Gasteiger partial charge in [0.05, 0.1) is 5.56 Å². The number of carbonyl (C=O) groups excluding carboxylic acids is 1. The summed E-state index contributed by atoms with van der Waals surface area (Å²) < 4.78 is 5.58. The first-order valence-electron chi connectivity index (χ1n) is 9.34. The summed E-state index contributed by atoms with van der Waals surface area (Å²) in [6, 6.07) is 11.9. The van der Waals surface area contributed by atoms with Crippen LogP contribution in [0.25, 0.3) is 0 Å². The number of ether oxygens (including phenoxy) is 1. The summed E-state index contributed by atoms with van der Waals surface area (Å²) in [5.74, 6) is 1.83. The molecule has 0 aliphatic heterocycles. The normalized spacial score (nSPS) is 20.3. The Labute approximate surface area is 152 Å². The number of esters is 1. The number of hydrogen-bond donors (Lipinski definition) is 0. The molecular weight excluding hydrogens is 308 g/mol. The lowest BCUT2D eigenvalue weighted by Crippen LogP contribution is -2.12. The minimum Gasteiger partial charge on any atom is -0.423 e. The fraction of sp³-hybridized carbons (Fsp3) is 0.435. The smallest absolute Gasteiger partial charge is 0.343 e. The third kappa shape index (κ3) is 4.12. The molecule has 2 aromatic rings. The van der Waals surface area contributed by atoms with Crippen LogP contribution in [0, 0.1) is 26.7 Å². The van der Waals surface area contributed by atoms with Gasteiger partial charge in [0.1, 0.15) is 5.75 Å². The fourth-order valence-corrected chi connectivity index (χ4v) is 3.71. The maximum absolute atomic E-state index is 12.4. The van der Waals surface area contributed by atoms with E-state index >= 15 is 0 Å². The number of benzene rings is 2. The summed E-state index contributed by atoms with van der Waals surface area (Å²) in [7, 11) is 0. The summed E-state index contributed by atoms with van der Waals surface area (Å²) in [5.41, 5.74) is 5.49. The second-order valence-corrected chi connectivity index (χ2v) is 7.65. The maximum Gasteiger partial charge on any atom is 0.343 e. The standard InChI is InChI=1S/C23H28O2.H2/c1-15-5-7-19(8-6-15)20-9-11-21(12-10-20)23(24)25-22-13-16(2)18(4)17(3)14-22;/h9-15,19H,5-8H2,1-4H3;1H. The summed E-state index contributed by atoms with van der Waals surface area (Å²) in [6.45, 7) is 8.50. The van der Waals surface area contributed by atoms with Crippen molar-refractivity contribution in [3.63, 3.8) is 0 Å². The molecule has 1 aliphatic carbocycles. The Hall–Kier alpha value is -2.09. The highest BCUT2D eigenvalue weighted by Crippen LogP contribution is 2.35. The van der Waals surface area contributed by atoms with E-state index in [-0.39, 0.29) is 7.40 Å². The fourth-order valence-electron chi connectivity index (χ4n) is 3.71. The zero-order chi connectivity index (χ0) is 18.0. The van der Waals surface area contributed by atoms with Gasteiger partial charge in [0, 0.05) is 1.43 Å². The van der Waals surface area contributed by atoms with Crippen molar-refractivity contribution < 1.29 is 11.0 Å². The molecule has 0 spiro atoms. The van der Waals surface area contributed by atoms with E-state index in [0.717, 1.165) is 17.0 Å². The van der Waals surface area contributed by atoms with E-state index in [4.69, 9.17) is 4.74 Å². The first-order chi connectivity index (χ1) is 11.9. The summed E-state index contributed by atoms with van der Waals surface area (Å²) in [4.78, 5) is 12.4. The van der Waals surface area contributed by atoms with Crippen molar-refractivity contribution in [1.82, 2.24) is 0 Å². The van der Waals surface area contributed by atoms with Crippen molar-refractivity contribution in [2.75, 3.05) is 0 Å². The molecule has 2 aromatic carbocycles. The summed E-state index contributed by atoms with van der Waals surface area (Å²) in [5, 5.41) is 0. The third-order valence-electron chi connectivity index (χ3n) is 5.74. The van der Waals surface area contributed by atoms with Crippen LogP contribution < -0.4 is 4.74 Å². The van der Waals surface area contributed by atoms with Gasteiger partial charge in [0.2, 0.25) is 0 Å². The Balaban J connectivity index is 0.00000243. The molecule has 25 heavy (non-hydrogen) atoms. The quantitative estimate of drug-likeness (QED) is 0.480. The highest BCUT2D eigenvalue weighted by molar-refractivity contribution is 5.91. The van der Waals surface area contributed by atoms with Gasteiger partial charge in [0.15, 0.2) is 0 Å². The van der Waals surface area contributed by atoms with E-state index in [2.05, 4.69) is 26.0 Å². The van der Waals surface area contributed by atoms with Gasteiger partial charge in [-0.05, 0) is 92.0 Å². The van der Waals surface area contributed by atoms with Gasteiger partial charge in [-0.1, -0.05) is 31.9 Å². The average Bonchev–Trinajstić information content (AvgIpc) is 2.60. The van der Waals surface area contributed by atoms with E-state index < -0.39 is 0 Å². The number of aryl methyl sites for hydroxylation is 2. The molecule has 3 rings (SSSR count). The highest BCUT2D eigenvalue weighted by Gasteiger charge is 2.20. The molecule has 1 saturated carbocycles. The van der Waals surface area contributed by atoms with Gasteiger partial charge >= 0.3 is 5.97 Å². The molecule has 1 fully saturated rings. The van der Waals surface area contributed by atoms with Crippen LogP contribution in [0.5, 0.6) is 5.75 Å². The Morgan fingerprint density at radius 2 is 1.52 bits per heavy atom. The lowest BCUT2D eigenvalue weighted by atomic mass is 9.79. The van der Waals surface area contributed by atoms with Crippen molar-refractivity contribution in [2.45, 2.75) is 59.3 Å². The van der Waals surface area contributed by atoms with Crippen LogP contribution >= 0.6 is 0 Å². The van der Waals surface area contributed by atoms with E-state index in [1.54, 1.807) is 0 Å². The topological polar surface area (TPSA) is 26.3 Å². The molecule has 0 saturated heterocycles. The molecule has 2 nitrogen and oxygen atoms in total. The molecule has 134 valence electrons. The second kappa shape index (κ2) is 7.43. The minimum absolute atomic E-state index is 0. The molecule has 0 unspecified atom stereocenters. The van der Waals surface area contributed by atoms with E-state index in [1.807, 2.05) is 38.1 Å². The van der Waals surface area contributed by atoms with Crippen LogP contribution in [0.3, 0.4) is 0 Å². The molecule has 0 radical (unpaired) electrons. The van der Waals surface area contributed by atoms with Crippen LogP contribution in [0.4, 0.5) is 0 Å². The van der Waals surface area contributed by atoms with E-state index in [1.165, 1.54) is 36.8 Å². The Morgan fingerprint density at radius 3 is 2.08 bits per heavy atom. The molecule has 0 bridgehead atoms. The van der Waals surface area contributed by atoms with Crippen molar-refractivity contribution in [3.8, 4) is 5.75 Å². The van der Waals surface area contributed by atoms with Gasteiger partial charge in [-0.25, -0.2) is 4.79 Å². The lowest BCUT2D eigenvalue weighted by Gasteiger charge is -2.26. The largest absolute Gasteiger partial charge is 0.423 e. The average molecular weight is 338 g/mol. The van der Waals surface area contributed by atoms with Crippen LogP contribution in [-0.4, -0.2) is 5.97 Å². The summed E-state index contributed by atoms with van der Waals surface area (Å²) in [6.07, 6.45) is 5.13. The van der Waals surface area contributed by atoms with Crippen LogP contribution in [0.15, 0.2) is 36.4 Å². The minimum atomic E-state index is -0.286. The first kappa shape index (κ1) is 17.7. The van der Waals surface area contributed by atoms with Crippen molar-refractivity contribution in [3.05, 3.63) is 64.2 Å². The number of rotatable bonds is 3. The molecule has 0 amide bonds. The molecule has 0 atom stereocenters. The van der Waals surface area contributed by atoms with Gasteiger partial charge in [-0.15, -0.1) is 0 Å². The first-order valence-corrected chi connectivity index (χ1v) is 9.34. The maximum atomic E-state index is 12.4. The van der Waals surface area contributed by atoms with Crippen LogP contribution in [0.2, 0.25) is 0 Å². The van der Waals surface area contributed by atoms with Crippen molar-refractivity contribution in [2.24, 2.45) is 5.92 Å². The van der Waals surface area contributed by atoms with Gasteiger partial charge in [-0.2, -0.15) is 0 Å². The summed E-state index contributed by atoms with van der Waals surface area (Å²) >= 11 is 0. The monoisotopic (exact) mass is 338 g/mol. The van der Waals surface area contributed by atoms with Crippen LogP contribution in [-0.2, 0) is 0 Å². The second-order valence-electron chi connectivity index (χ2n) is 7.65. The molecular formula is C23H30O2. The molecule has 2 heteroatoms. The highest BCUT2D eigenvalue weighted by atomic mass is 16.5. The SMILES string of the molecule is Cc1cc(OC(=O)c2ccc(C3CCC(C)CC3)cc2)cc(C)c1C.[HH]. The predicted molar refractivity (Wildman–Crippen MR) is 105 cm³/mol. The van der Waals surface area contributed by atoms with Crippen molar-refractivity contribution in [1.29, 1.82) is 0 Å². The van der Waals surface area contributed by atoms with E-state index in [9.17, 15) is 4.79 Å². The zero-order valence-corrected chi connectivity index (χ0v) is 15.8. The number of carbonyl (C=O) groups is 1. The molecule has 0 N–H and O–H groups in total. The molecule has 0 aromatic heterocycles. The van der Waals surface area contributed by atoms with E-state index in [0.29, 0.717) is 17.2 Å². The Morgan fingerprint density at radius 1 is 0.960 bits per heavy atom.